The monoisotopic (exact) mass is 280 g/mol. The molecule has 1 aliphatic heterocycles. The first-order chi connectivity index (χ1) is 9.16. The number of likely N-dealkylation sites (tertiary alicyclic amines) is 1. The van der Waals surface area contributed by atoms with Gasteiger partial charge in [0.2, 0.25) is 5.91 Å². The highest BCUT2D eigenvalue weighted by molar-refractivity contribution is 7.09. The molecule has 2 rings (SSSR count). The molecule has 1 aromatic rings. The van der Waals surface area contributed by atoms with Crippen molar-refractivity contribution in [2.24, 2.45) is 11.7 Å². The molecule has 0 spiro atoms. The Kier molecular flexibility index (Phi) is 5.40. The summed E-state index contributed by atoms with van der Waals surface area (Å²) in [4.78, 5) is 15.5. The summed E-state index contributed by atoms with van der Waals surface area (Å²) in [5.41, 5.74) is 5.92. The van der Waals surface area contributed by atoms with Crippen molar-refractivity contribution in [3.05, 3.63) is 22.4 Å². The van der Waals surface area contributed by atoms with Gasteiger partial charge < -0.3 is 10.6 Å². The van der Waals surface area contributed by atoms with E-state index in [1.165, 1.54) is 4.88 Å². The summed E-state index contributed by atoms with van der Waals surface area (Å²) in [6.45, 7) is 3.86. The van der Waals surface area contributed by atoms with Crippen LogP contribution in [0.15, 0.2) is 17.5 Å². The van der Waals surface area contributed by atoms with Crippen LogP contribution < -0.4 is 5.73 Å². The van der Waals surface area contributed by atoms with E-state index in [2.05, 4.69) is 24.4 Å². The van der Waals surface area contributed by atoms with Gasteiger partial charge in [-0.3, -0.25) is 4.79 Å². The van der Waals surface area contributed by atoms with Crippen LogP contribution in [0.1, 0.15) is 37.5 Å². The smallest absolute Gasteiger partial charge is 0.222 e. The average molecular weight is 280 g/mol. The second kappa shape index (κ2) is 7.06. The van der Waals surface area contributed by atoms with Crippen molar-refractivity contribution in [2.75, 3.05) is 13.1 Å². The van der Waals surface area contributed by atoms with Crippen LogP contribution in [-0.4, -0.2) is 29.9 Å². The van der Waals surface area contributed by atoms with Crippen LogP contribution in [-0.2, 0) is 11.2 Å². The van der Waals surface area contributed by atoms with Crippen LogP contribution in [0.4, 0.5) is 0 Å². The summed E-state index contributed by atoms with van der Waals surface area (Å²) >= 11 is 1.77. The van der Waals surface area contributed by atoms with Gasteiger partial charge in [0.25, 0.3) is 0 Å². The van der Waals surface area contributed by atoms with Crippen molar-refractivity contribution in [3.63, 3.8) is 0 Å². The van der Waals surface area contributed by atoms with E-state index in [1.807, 2.05) is 4.90 Å². The molecule has 1 unspecified atom stereocenters. The molecule has 1 aromatic heterocycles. The Morgan fingerprint density at radius 3 is 2.84 bits per heavy atom. The zero-order valence-electron chi connectivity index (χ0n) is 11.7. The Balaban J connectivity index is 1.67. The number of nitrogens with zero attached hydrogens (tertiary/aromatic N) is 1. The van der Waals surface area contributed by atoms with Crippen LogP contribution in [0.2, 0.25) is 0 Å². The molecule has 1 atom stereocenters. The van der Waals surface area contributed by atoms with E-state index < -0.39 is 0 Å². The minimum absolute atomic E-state index is 0.260. The van der Waals surface area contributed by atoms with Gasteiger partial charge in [-0.15, -0.1) is 11.3 Å². The molecule has 2 heterocycles. The lowest BCUT2D eigenvalue weighted by atomic mass is 9.91. The maximum absolute atomic E-state index is 12.1. The summed E-state index contributed by atoms with van der Waals surface area (Å²) in [5, 5.41) is 2.09. The van der Waals surface area contributed by atoms with Gasteiger partial charge in [0.1, 0.15) is 0 Å². The van der Waals surface area contributed by atoms with E-state index in [0.717, 1.165) is 38.8 Å². The van der Waals surface area contributed by atoms with Gasteiger partial charge in [-0.2, -0.15) is 0 Å². The second-order valence-corrected chi connectivity index (χ2v) is 6.54. The van der Waals surface area contributed by atoms with Crippen molar-refractivity contribution < 1.29 is 4.79 Å². The number of carbonyl (C=O) groups excluding carboxylic acids is 1. The topological polar surface area (TPSA) is 46.3 Å². The lowest BCUT2D eigenvalue weighted by Gasteiger charge is -2.33. The van der Waals surface area contributed by atoms with E-state index in [9.17, 15) is 4.79 Å². The van der Waals surface area contributed by atoms with Crippen molar-refractivity contribution >= 4 is 17.2 Å². The predicted octanol–water partition coefficient (Wildman–Crippen LogP) is 2.66. The molecule has 1 fully saturated rings. The van der Waals surface area contributed by atoms with Crippen LogP contribution in [0.5, 0.6) is 0 Å². The number of thiophene rings is 1. The molecule has 0 radical (unpaired) electrons. The van der Waals surface area contributed by atoms with Crippen molar-refractivity contribution in [2.45, 2.75) is 45.1 Å². The standard InChI is InChI=1S/C15H24N2OS/c1-12(16)13-7-9-17(10-8-13)15(18)6-2-4-14-5-3-11-19-14/h3,5,11-13H,2,4,6-10,16H2,1H3. The maximum Gasteiger partial charge on any atom is 0.222 e. The summed E-state index contributed by atoms with van der Waals surface area (Å²) in [6, 6.07) is 4.47. The van der Waals surface area contributed by atoms with Crippen LogP contribution in [0.3, 0.4) is 0 Å². The summed E-state index contributed by atoms with van der Waals surface area (Å²) in [7, 11) is 0. The highest BCUT2D eigenvalue weighted by Crippen LogP contribution is 2.20. The molecule has 2 N–H and O–H groups in total. The molecule has 3 nitrogen and oxygen atoms in total. The summed E-state index contributed by atoms with van der Waals surface area (Å²) in [5.74, 6) is 0.912. The van der Waals surface area contributed by atoms with Gasteiger partial charge in [-0.1, -0.05) is 6.07 Å². The van der Waals surface area contributed by atoms with Crippen LogP contribution in [0.25, 0.3) is 0 Å². The van der Waals surface area contributed by atoms with Crippen LogP contribution in [0, 0.1) is 5.92 Å². The number of rotatable bonds is 5. The van der Waals surface area contributed by atoms with E-state index in [0.29, 0.717) is 18.2 Å². The molecule has 0 aromatic carbocycles. The normalized spacial score (nSPS) is 18.5. The Morgan fingerprint density at radius 1 is 1.53 bits per heavy atom. The first-order valence-corrected chi connectivity index (χ1v) is 8.10. The highest BCUT2D eigenvalue weighted by Gasteiger charge is 2.24. The minimum atomic E-state index is 0.260. The molecule has 4 heteroatoms. The number of amides is 1. The lowest BCUT2D eigenvalue weighted by molar-refractivity contribution is -0.132. The largest absolute Gasteiger partial charge is 0.343 e. The molecule has 19 heavy (non-hydrogen) atoms. The number of nitrogens with two attached hydrogens (primary N) is 1. The molecule has 0 aliphatic carbocycles. The van der Waals surface area contributed by atoms with Gasteiger partial charge in [0.05, 0.1) is 0 Å². The molecule has 106 valence electrons. The van der Waals surface area contributed by atoms with E-state index in [4.69, 9.17) is 5.73 Å². The molecule has 1 amide bonds. The molecule has 1 aliphatic rings. The highest BCUT2D eigenvalue weighted by atomic mass is 32.1. The quantitative estimate of drug-likeness (QED) is 0.901. The Bertz CT molecular complexity index is 381. The third-order valence-electron chi connectivity index (χ3n) is 4.03. The zero-order valence-corrected chi connectivity index (χ0v) is 12.5. The SMILES string of the molecule is CC(N)C1CCN(C(=O)CCCc2cccs2)CC1. The number of carbonyl (C=O) groups is 1. The lowest BCUT2D eigenvalue weighted by Crippen LogP contribution is -2.42. The molecular formula is C15H24N2OS. The first-order valence-electron chi connectivity index (χ1n) is 7.22. The van der Waals surface area contributed by atoms with E-state index >= 15 is 0 Å². The molecule has 0 saturated carbocycles. The third kappa shape index (κ3) is 4.32. The predicted molar refractivity (Wildman–Crippen MR) is 80.2 cm³/mol. The fourth-order valence-corrected chi connectivity index (χ4v) is 3.45. The van der Waals surface area contributed by atoms with Gasteiger partial charge in [0, 0.05) is 30.4 Å². The van der Waals surface area contributed by atoms with E-state index in [-0.39, 0.29) is 6.04 Å². The zero-order chi connectivity index (χ0) is 13.7. The Labute approximate surface area is 119 Å². The Hall–Kier alpha value is -0.870. The van der Waals surface area contributed by atoms with Gasteiger partial charge in [-0.05, 0) is 50.0 Å². The fraction of sp³-hybridized carbons (Fsp3) is 0.667. The average Bonchev–Trinajstić information content (AvgIpc) is 2.92. The van der Waals surface area contributed by atoms with Crippen molar-refractivity contribution in [1.29, 1.82) is 0 Å². The second-order valence-electron chi connectivity index (χ2n) is 5.51. The number of hydrogen-bond donors (Lipinski definition) is 1. The molecule has 1 saturated heterocycles. The van der Waals surface area contributed by atoms with Gasteiger partial charge >= 0.3 is 0 Å². The van der Waals surface area contributed by atoms with Crippen molar-refractivity contribution in [3.8, 4) is 0 Å². The third-order valence-corrected chi connectivity index (χ3v) is 4.97. The van der Waals surface area contributed by atoms with Crippen molar-refractivity contribution in [1.82, 2.24) is 4.90 Å². The van der Waals surface area contributed by atoms with Crippen LogP contribution >= 0.6 is 11.3 Å². The number of aryl methyl sites for hydroxylation is 1. The molecule has 0 bridgehead atoms. The van der Waals surface area contributed by atoms with Gasteiger partial charge in [0.15, 0.2) is 0 Å². The summed E-state index contributed by atoms with van der Waals surface area (Å²) in [6.07, 6.45) is 4.80. The number of piperidine rings is 1. The van der Waals surface area contributed by atoms with Gasteiger partial charge in [-0.25, -0.2) is 0 Å². The fourth-order valence-electron chi connectivity index (χ4n) is 2.70. The Morgan fingerprint density at radius 2 is 2.26 bits per heavy atom. The number of hydrogen-bond acceptors (Lipinski definition) is 3. The minimum Gasteiger partial charge on any atom is -0.343 e. The first kappa shape index (κ1) is 14.5. The van der Waals surface area contributed by atoms with E-state index in [1.54, 1.807) is 11.3 Å². The summed E-state index contributed by atoms with van der Waals surface area (Å²) < 4.78 is 0. The maximum atomic E-state index is 12.1. The molecular weight excluding hydrogens is 256 g/mol.